The molecule has 0 bridgehead atoms. The number of ether oxygens (including phenoxy) is 1. The Hall–Kier alpha value is -1.66. The van der Waals surface area contributed by atoms with E-state index < -0.39 is 0 Å². The number of rotatable bonds is 7. The number of hydrogen-bond acceptors (Lipinski definition) is 3. The number of benzene rings is 1. The van der Waals surface area contributed by atoms with Gasteiger partial charge in [-0.05, 0) is 43.8 Å². The number of carbonyl (C=O) groups is 1. The molecule has 20 heavy (non-hydrogen) atoms. The second-order valence-corrected chi connectivity index (χ2v) is 4.58. The number of amides is 1. The second-order valence-electron chi connectivity index (χ2n) is 4.17. The third-order valence-corrected chi connectivity index (χ3v) is 2.78. The van der Waals surface area contributed by atoms with E-state index in [1.165, 1.54) is 0 Å². The van der Waals surface area contributed by atoms with Crippen molar-refractivity contribution in [2.24, 2.45) is 0 Å². The lowest BCUT2D eigenvalue weighted by molar-refractivity contribution is 0.0948. The van der Waals surface area contributed by atoms with Crippen molar-refractivity contribution in [1.82, 2.24) is 10.6 Å². The minimum Gasteiger partial charge on any atom is -0.385 e. The molecule has 0 radical (unpaired) electrons. The Bertz CT molecular complexity index is 452. The Kier molecular flexibility index (Phi) is 7.60. The maximum atomic E-state index is 11.9. The van der Waals surface area contributed by atoms with Crippen LogP contribution in [0.5, 0.6) is 0 Å². The Morgan fingerprint density at radius 2 is 2.15 bits per heavy atom. The summed E-state index contributed by atoms with van der Waals surface area (Å²) in [5.41, 5.74) is 1.40. The van der Waals surface area contributed by atoms with Gasteiger partial charge in [-0.1, -0.05) is 6.07 Å². The summed E-state index contributed by atoms with van der Waals surface area (Å²) in [5, 5.41) is 9.42. The van der Waals surface area contributed by atoms with Crippen molar-refractivity contribution < 1.29 is 9.53 Å². The molecule has 0 saturated carbocycles. The summed E-state index contributed by atoms with van der Waals surface area (Å²) in [6, 6.07) is 7.23. The summed E-state index contributed by atoms with van der Waals surface area (Å²) in [7, 11) is 1.64. The largest absolute Gasteiger partial charge is 0.385 e. The van der Waals surface area contributed by atoms with E-state index in [2.05, 4.69) is 16.0 Å². The van der Waals surface area contributed by atoms with E-state index in [-0.39, 0.29) is 5.91 Å². The van der Waals surface area contributed by atoms with Gasteiger partial charge in [-0.15, -0.1) is 0 Å². The van der Waals surface area contributed by atoms with Crippen LogP contribution in [0.1, 0.15) is 23.7 Å². The van der Waals surface area contributed by atoms with Crippen molar-refractivity contribution >= 4 is 28.9 Å². The quantitative estimate of drug-likeness (QED) is 0.528. The molecule has 0 fully saturated rings. The zero-order valence-electron chi connectivity index (χ0n) is 11.9. The number of methoxy groups -OCH3 is 1. The van der Waals surface area contributed by atoms with Crippen LogP contribution in [0, 0.1) is 0 Å². The topological polar surface area (TPSA) is 62.4 Å². The van der Waals surface area contributed by atoms with E-state index in [1.807, 2.05) is 19.1 Å². The monoisotopic (exact) mass is 295 g/mol. The van der Waals surface area contributed by atoms with Gasteiger partial charge in [0.05, 0.1) is 0 Å². The first-order valence-electron chi connectivity index (χ1n) is 6.59. The van der Waals surface area contributed by atoms with Crippen LogP contribution in [0.4, 0.5) is 5.69 Å². The van der Waals surface area contributed by atoms with Crippen LogP contribution in [0.15, 0.2) is 24.3 Å². The summed E-state index contributed by atoms with van der Waals surface area (Å²) in [6.45, 7) is 3.96. The third kappa shape index (κ3) is 5.99. The molecule has 0 unspecified atom stereocenters. The van der Waals surface area contributed by atoms with Gasteiger partial charge in [-0.2, -0.15) is 0 Å². The molecule has 1 rings (SSSR count). The predicted octanol–water partition coefficient (Wildman–Crippen LogP) is 1.76. The maximum absolute atomic E-state index is 11.9. The maximum Gasteiger partial charge on any atom is 0.251 e. The van der Waals surface area contributed by atoms with Crippen LogP contribution >= 0.6 is 12.2 Å². The van der Waals surface area contributed by atoms with Crippen molar-refractivity contribution in [2.45, 2.75) is 13.3 Å². The predicted molar refractivity (Wildman–Crippen MR) is 85.2 cm³/mol. The highest BCUT2D eigenvalue weighted by atomic mass is 32.1. The van der Waals surface area contributed by atoms with Gasteiger partial charge >= 0.3 is 0 Å². The van der Waals surface area contributed by atoms with Crippen LogP contribution < -0.4 is 16.0 Å². The SMILES string of the molecule is CCNC(=S)Nc1cccc(C(=O)NCCCOC)c1. The first-order chi connectivity index (χ1) is 9.67. The average molecular weight is 295 g/mol. The van der Waals surface area contributed by atoms with E-state index in [0.29, 0.717) is 23.8 Å². The molecule has 0 aliphatic rings. The molecule has 0 saturated heterocycles. The number of carbonyl (C=O) groups excluding carboxylic acids is 1. The summed E-state index contributed by atoms with van der Waals surface area (Å²) in [5.74, 6) is -0.0980. The fourth-order valence-electron chi connectivity index (χ4n) is 1.59. The molecule has 3 N–H and O–H groups in total. The lowest BCUT2D eigenvalue weighted by Crippen LogP contribution is -2.28. The summed E-state index contributed by atoms with van der Waals surface area (Å²) in [4.78, 5) is 11.9. The molecule has 0 spiro atoms. The van der Waals surface area contributed by atoms with Crippen LogP contribution in [-0.4, -0.2) is 37.8 Å². The molecule has 0 atom stereocenters. The molecule has 0 heterocycles. The fraction of sp³-hybridized carbons (Fsp3) is 0.429. The van der Waals surface area contributed by atoms with Gasteiger partial charge in [0.15, 0.2) is 5.11 Å². The normalized spacial score (nSPS) is 9.90. The second kappa shape index (κ2) is 9.28. The number of hydrogen-bond donors (Lipinski definition) is 3. The highest BCUT2D eigenvalue weighted by Crippen LogP contribution is 2.10. The van der Waals surface area contributed by atoms with Crippen LogP contribution in [0.25, 0.3) is 0 Å². The Morgan fingerprint density at radius 3 is 2.85 bits per heavy atom. The Morgan fingerprint density at radius 1 is 1.35 bits per heavy atom. The van der Waals surface area contributed by atoms with Crippen LogP contribution in [0.3, 0.4) is 0 Å². The molecular weight excluding hydrogens is 274 g/mol. The van der Waals surface area contributed by atoms with Gasteiger partial charge in [0.1, 0.15) is 0 Å². The molecular formula is C14H21N3O2S. The molecule has 0 aliphatic heterocycles. The van der Waals surface area contributed by atoms with E-state index in [4.69, 9.17) is 17.0 Å². The van der Waals surface area contributed by atoms with Crippen molar-refractivity contribution in [3.63, 3.8) is 0 Å². The Labute approximate surface area is 125 Å². The standard InChI is InChI=1S/C14H21N3O2S/c1-3-15-14(20)17-12-7-4-6-11(10-12)13(18)16-8-5-9-19-2/h4,6-7,10H,3,5,8-9H2,1-2H3,(H,16,18)(H2,15,17,20). The number of nitrogens with one attached hydrogen (secondary N) is 3. The van der Waals surface area contributed by atoms with Gasteiger partial charge in [0.2, 0.25) is 0 Å². The van der Waals surface area contributed by atoms with Crippen molar-refractivity contribution in [3.05, 3.63) is 29.8 Å². The third-order valence-electron chi connectivity index (χ3n) is 2.53. The molecule has 1 aromatic rings. The van der Waals surface area contributed by atoms with Gasteiger partial charge in [0, 0.05) is 38.1 Å². The Balaban J connectivity index is 2.54. The lowest BCUT2D eigenvalue weighted by Gasteiger charge is -2.10. The molecule has 0 aliphatic carbocycles. The first-order valence-corrected chi connectivity index (χ1v) is 7.00. The zero-order chi connectivity index (χ0) is 14.8. The first kappa shape index (κ1) is 16.4. The summed E-state index contributed by atoms with van der Waals surface area (Å²) < 4.78 is 4.93. The van der Waals surface area contributed by atoms with Crippen LogP contribution in [0.2, 0.25) is 0 Å². The summed E-state index contributed by atoms with van der Waals surface area (Å²) >= 11 is 5.11. The fourth-order valence-corrected chi connectivity index (χ4v) is 1.86. The van der Waals surface area contributed by atoms with E-state index >= 15 is 0 Å². The molecule has 6 heteroatoms. The van der Waals surface area contributed by atoms with Gasteiger partial charge in [-0.3, -0.25) is 4.79 Å². The highest BCUT2D eigenvalue weighted by Gasteiger charge is 2.06. The van der Waals surface area contributed by atoms with E-state index in [9.17, 15) is 4.79 Å². The minimum absolute atomic E-state index is 0.0980. The van der Waals surface area contributed by atoms with Gasteiger partial charge in [0.25, 0.3) is 5.91 Å². The minimum atomic E-state index is -0.0980. The van der Waals surface area contributed by atoms with Crippen molar-refractivity contribution in [2.75, 3.05) is 32.1 Å². The van der Waals surface area contributed by atoms with E-state index in [1.54, 1.807) is 19.2 Å². The zero-order valence-corrected chi connectivity index (χ0v) is 12.7. The smallest absolute Gasteiger partial charge is 0.251 e. The van der Waals surface area contributed by atoms with Crippen LogP contribution in [-0.2, 0) is 4.74 Å². The average Bonchev–Trinajstić information content (AvgIpc) is 2.44. The van der Waals surface area contributed by atoms with Gasteiger partial charge < -0.3 is 20.7 Å². The molecule has 1 aromatic carbocycles. The van der Waals surface area contributed by atoms with Gasteiger partial charge in [-0.25, -0.2) is 0 Å². The van der Waals surface area contributed by atoms with Crippen molar-refractivity contribution in [3.8, 4) is 0 Å². The number of thiocarbonyl (C=S) groups is 1. The highest BCUT2D eigenvalue weighted by molar-refractivity contribution is 7.80. The molecule has 1 amide bonds. The molecule has 0 aromatic heterocycles. The number of anilines is 1. The summed E-state index contributed by atoms with van der Waals surface area (Å²) in [6.07, 6.45) is 0.796. The lowest BCUT2D eigenvalue weighted by atomic mass is 10.2. The molecule has 110 valence electrons. The van der Waals surface area contributed by atoms with E-state index in [0.717, 1.165) is 18.7 Å². The molecule has 5 nitrogen and oxygen atoms in total. The van der Waals surface area contributed by atoms with Crippen molar-refractivity contribution in [1.29, 1.82) is 0 Å².